The molecule has 0 bridgehead atoms. The zero-order valence-electron chi connectivity index (χ0n) is 15.6. The molecule has 140 valence electrons. The highest BCUT2D eigenvalue weighted by atomic mass is 16.2. The second kappa shape index (κ2) is 7.95. The third-order valence-electron chi connectivity index (χ3n) is 5.72. The standard InChI is InChI=1S/C23H26N2O2/c26-22(21-12-6-9-18-8-1-2-11-20(18)21)24-16-17-7-5-10-19(15-17)23(27)25-13-3-4-14-25/h1-2,5,7-8,10-11,15,21H,3-4,6,9,12-14,16H2,(H,24,26). The molecule has 4 nitrogen and oxygen atoms in total. The van der Waals surface area contributed by atoms with Crippen LogP contribution in [0, 0.1) is 0 Å². The molecule has 1 saturated heterocycles. The number of rotatable bonds is 4. The fourth-order valence-electron chi connectivity index (χ4n) is 4.26. The number of nitrogens with zero attached hydrogens (tertiary/aromatic N) is 1. The van der Waals surface area contributed by atoms with E-state index in [-0.39, 0.29) is 17.7 Å². The summed E-state index contributed by atoms with van der Waals surface area (Å²) in [4.78, 5) is 27.2. The maximum atomic E-state index is 12.8. The third kappa shape index (κ3) is 3.90. The van der Waals surface area contributed by atoms with Gasteiger partial charge in [-0.15, -0.1) is 0 Å². The quantitative estimate of drug-likeness (QED) is 0.902. The lowest BCUT2D eigenvalue weighted by Crippen LogP contribution is -2.31. The molecule has 1 N–H and O–H groups in total. The molecule has 0 spiro atoms. The number of carbonyl (C=O) groups excluding carboxylic acids is 2. The van der Waals surface area contributed by atoms with Crippen molar-refractivity contribution in [2.45, 2.75) is 44.6 Å². The first kappa shape index (κ1) is 17.8. The van der Waals surface area contributed by atoms with Gasteiger partial charge in [-0.2, -0.15) is 0 Å². The lowest BCUT2D eigenvalue weighted by Gasteiger charge is -2.24. The van der Waals surface area contributed by atoms with Gasteiger partial charge in [0.2, 0.25) is 5.91 Å². The SMILES string of the molecule is O=C(NCc1cccc(C(=O)N2CCCC2)c1)C1CCCc2ccccc21. The number of nitrogens with one attached hydrogen (secondary N) is 1. The largest absolute Gasteiger partial charge is 0.351 e. The average Bonchev–Trinajstić information content (AvgIpc) is 3.26. The van der Waals surface area contributed by atoms with Gasteiger partial charge in [0.15, 0.2) is 0 Å². The summed E-state index contributed by atoms with van der Waals surface area (Å²) in [7, 11) is 0. The first-order chi connectivity index (χ1) is 13.2. The molecule has 27 heavy (non-hydrogen) atoms. The van der Waals surface area contributed by atoms with Crippen molar-refractivity contribution in [2.24, 2.45) is 0 Å². The zero-order chi connectivity index (χ0) is 18.6. The van der Waals surface area contributed by atoms with E-state index in [2.05, 4.69) is 17.4 Å². The fraction of sp³-hybridized carbons (Fsp3) is 0.391. The van der Waals surface area contributed by atoms with Gasteiger partial charge in [0.1, 0.15) is 0 Å². The molecule has 0 radical (unpaired) electrons. The normalized spacial score (nSPS) is 18.8. The molecule has 2 amide bonds. The molecule has 2 aromatic carbocycles. The third-order valence-corrected chi connectivity index (χ3v) is 5.72. The van der Waals surface area contributed by atoms with Crippen molar-refractivity contribution in [1.82, 2.24) is 10.2 Å². The van der Waals surface area contributed by atoms with E-state index in [9.17, 15) is 9.59 Å². The lowest BCUT2D eigenvalue weighted by molar-refractivity contribution is -0.123. The number of fused-ring (bicyclic) bond motifs is 1. The molecule has 1 fully saturated rings. The van der Waals surface area contributed by atoms with Crippen LogP contribution in [-0.4, -0.2) is 29.8 Å². The molecule has 1 aliphatic heterocycles. The minimum atomic E-state index is -0.0654. The summed E-state index contributed by atoms with van der Waals surface area (Å²) in [5.41, 5.74) is 4.14. The van der Waals surface area contributed by atoms with Crippen LogP contribution in [0.2, 0.25) is 0 Å². The van der Waals surface area contributed by atoms with Crippen LogP contribution in [0.1, 0.15) is 58.6 Å². The molecule has 1 atom stereocenters. The van der Waals surface area contributed by atoms with Gasteiger partial charge in [-0.1, -0.05) is 36.4 Å². The van der Waals surface area contributed by atoms with Crippen LogP contribution in [0.5, 0.6) is 0 Å². The number of hydrogen-bond donors (Lipinski definition) is 1. The molecule has 1 heterocycles. The van der Waals surface area contributed by atoms with Gasteiger partial charge in [-0.3, -0.25) is 9.59 Å². The van der Waals surface area contributed by atoms with Gasteiger partial charge < -0.3 is 10.2 Å². The Balaban J connectivity index is 1.41. The number of carbonyl (C=O) groups is 2. The van der Waals surface area contributed by atoms with Crippen molar-refractivity contribution in [3.05, 3.63) is 70.8 Å². The number of amides is 2. The Morgan fingerprint density at radius 1 is 1.00 bits per heavy atom. The molecule has 0 aromatic heterocycles. The number of hydrogen-bond acceptors (Lipinski definition) is 2. The lowest BCUT2D eigenvalue weighted by atomic mass is 9.82. The van der Waals surface area contributed by atoms with E-state index in [4.69, 9.17) is 0 Å². The first-order valence-corrected chi connectivity index (χ1v) is 9.96. The van der Waals surface area contributed by atoms with Crippen LogP contribution in [-0.2, 0) is 17.8 Å². The van der Waals surface area contributed by atoms with Crippen LogP contribution >= 0.6 is 0 Å². The highest BCUT2D eigenvalue weighted by molar-refractivity contribution is 5.94. The Labute approximate surface area is 160 Å². The van der Waals surface area contributed by atoms with Crippen LogP contribution in [0.15, 0.2) is 48.5 Å². The zero-order valence-corrected chi connectivity index (χ0v) is 15.6. The van der Waals surface area contributed by atoms with E-state index in [0.29, 0.717) is 12.1 Å². The Bertz CT molecular complexity index is 840. The average molecular weight is 362 g/mol. The molecule has 1 aliphatic carbocycles. The number of likely N-dealkylation sites (tertiary alicyclic amines) is 1. The van der Waals surface area contributed by atoms with Gasteiger partial charge in [0, 0.05) is 25.2 Å². The van der Waals surface area contributed by atoms with Crippen molar-refractivity contribution < 1.29 is 9.59 Å². The highest BCUT2D eigenvalue weighted by Crippen LogP contribution is 2.31. The fourth-order valence-corrected chi connectivity index (χ4v) is 4.26. The topological polar surface area (TPSA) is 49.4 Å². The summed E-state index contributed by atoms with van der Waals surface area (Å²) >= 11 is 0. The number of aryl methyl sites for hydroxylation is 1. The minimum Gasteiger partial charge on any atom is -0.351 e. The second-order valence-electron chi connectivity index (χ2n) is 7.56. The Kier molecular flexibility index (Phi) is 5.23. The molecule has 2 aromatic rings. The van der Waals surface area contributed by atoms with E-state index in [1.165, 1.54) is 11.1 Å². The van der Waals surface area contributed by atoms with E-state index in [1.807, 2.05) is 41.3 Å². The van der Waals surface area contributed by atoms with E-state index in [0.717, 1.165) is 50.8 Å². The molecule has 1 unspecified atom stereocenters. The summed E-state index contributed by atoms with van der Waals surface area (Å²) in [6, 6.07) is 15.9. The Morgan fingerprint density at radius 3 is 2.67 bits per heavy atom. The summed E-state index contributed by atoms with van der Waals surface area (Å²) in [6.07, 6.45) is 5.18. The summed E-state index contributed by atoms with van der Waals surface area (Å²) in [6.45, 7) is 2.15. The van der Waals surface area contributed by atoms with Gasteiger partial charge in [-0.05, 0) is 60.9 Å². The second-order valence-corrected chi connectivity index (χ2v) is 7.56. The van der Waals surface area contributed by atoms with Crippen molar-refractivity contribution >= 4 is 11.8 Å². The molecular weight excluding hydrogens is 336 g/mol. The van der Waals surface area contributed by atoms with Gasteiger partial charge in [-0.25, -0.2) is 0 Å². The van der Waals surface area contributed by atoms with Gasteiger partial charge in [0.05, 0.1) is 5.92 Å². The van der Waals surface area contributed by atoms with Crippen LogP contribution in [0.3, 0.4) is 0 Å². The summed E-state index contributed by atoms with van der Waals surface area (Å²) in [5.74, 6) is 0.115. The highest BCUT2D eigenvalue weighted by Gasteiger charge is 2.26. The van der Waals surface area contributed by atoms with Crippen molar-refractivity contribution in [2.75, 3.05) is 13.1 Å². The van der Waals surface area contributed by atoms with E-state index < -0.39 is 0 Å². The molecule has 4 heteroatoms. The smallest absolute Gasteiger partial charge is 0.253 e. The summed E-state index contributed by atoms with van der Waals surface area (Å²) in [5, 5.41) is 3.08. The predicted octanol–water partition coefficient (Wildman–Crippen LogP) is 3.66. The van der Waals surface area contributed by atoms with Crippen molar-refractivity contribution in [3.8, 4) is 0 Å². The first-order valence-electron chi connectivity index (χ1n) is 9.96. The van der Waals surface area contributed by atoms with Crippen LogP contribution in [0.25, 0.3) is 0 Å². The molecule has 2 aliphatic rings. The molecule has 4 rings (SSSR count). The summed E-state index contributed by atoms with van der Waals surface area (Å²) < 4.78 is 0. The molecule has 0 saturated carbocycles. The van der Waals surface area contributed by atoms with Crippen LogP contribution in [0.4, 0.5) is 0 Å². The van der Waals surface area contributed by atoms with Crippen LogP contribution < -0.4 is 5.32 Å². The van der Waals surface area contributed by atoms with E-state index >= 15 is 0 Å². The maximum Gasteiger partial charge on any atom is 0.253 e. The molecular formula is C23H26N2O2. The Morgan fingerprint density at radius 2 is 1.81 bits per heavy atom. The monoisotopic (exact) mass is 362 g/mol. The Hall–Kier alpha value is -2.62. The number of benzene rings is 2. The maximum absolute atomic E-state index is 12.8. The van der Waals surface area contributed by atoms with Crippen molar-refractivity contribution in [1.29, 1.82) is 0 Å². The van der Waals surface area contributed by atoms with Gasteiger partial charge in [0.25, 0.3) is 5.91 Å². The minimum absolute atomic E-state index is 0.0654. The van der Waals surface area contributed by atoms with Crippen molar-refractivity contribution in [3.63, 3.8) is 0 Å². The predicted molar refractivity (Wildman–Crippen MR) is 106 cm³/mol. The van der Waals surface area contributed by atoms with Gasteiger partial charge >= 0.3 is 0 Å². The van der Waals surface area contributed by atoms with E-state index in [1.54, 1.807) is 0 Å².